The van der Waals surface area contributed by atoms with Gasteiger partial charge in [0.2, 0.25) is 0 Å². The standard InChI is InChI=1S/C13H23NO5S2/c1-8(9(2)15)6-20-21-7-10(11(16)17)14-12(18)19-13(3,4)5/h8,10H,6-7H2,1-5H3,(H,14,18)(H,16,17). The van der Waals surface area contributed by atoms with Crippen LogP contribution in [-0.2, 0) is 14.3 Å². The number of Topliss-reactive ketones (excluding diaryl/α,β-unsaturated/α-hetero) is 1. The van der Waals surface area contributed by atoms with Crippen molar-refractivity contribution in [1.82, 2.24) is 5.32 Å². The SMILES string of the molecule is CC(=O)C(C)CSSCC(NC(=O)OC(C)(C)C)C(=O)O. The number of ether oxygens (including phenoxy) is 1. The maximum Gasteiger partial charge on any atom is 0.408 e. The quantitative estimate of drug-likeness (QED) is 0.519. The first-order valence-corrected chi connectivity index (χ1v) is 8.99. The van der Waals surface area contributed by atoms with Gasteiger partial charge in [-0.15, -0.1) is 0 Å². The number of carbonyl (C=O) groups is 3. The molecular weight excluding hydrogens is 314 g/mol. The number of aliphatic carboxylic acids is 1. The molecule has 21 heavy (non-hydrogen) atoms. The molecule has 0 radical (unpaired) electrons. The summed E-state index contributed by atoms with van der Waals surface area (Å²) in [6.07, 6.45) is -0.752. The first-order valence-electron chi connectivity index (χ1n) is 6.50. The van der Waals surface area contributed by atoms with E-state index in [4.69, 9.17) is 9.84 Å². The Morgan fingerprint density at radius 2 is 1.71 bits per heavy atom. The van der Waals surface area contributed by atoms with Crippen molar-refractivity contribution in [2.24, 2.45) is 5.92 Å². The van der Waals surface area contributed by atoms with Crippen LogP contribution in [0.25, 0.3) is 0 Å². The lowest BCUT2D eigenvalue weighted by Crippen LogP contribution is -2.44. The Bertz CT molecular complexity index is 381. The molecule has 0 heterocycles. The Kier molecular flexibility index (Phi) is 8.80. The summed E-state index contributed by atoms with van der Waals surface area (Å²) in [6, 6.07) is -1.02. The Morgan fingerprint density at radius 1 is 1.19 bits per heavy atom. The lowest BCUT2D eigenvalue weighted by Gasteiger charge is -2.21. The fourth-order valence-electron chi connectivity index (χ4n) is 1.01. The van der Waals surface area contributed by atoms with Crippen LogP contribution >= 0.6 is 21.6 Å². The second kappa shape index (κ2) is 9.19. The molecule has 0 fully saturated rings. The van der Waals surface area contributed by atoms with Crippen molar-refractivity contribution >= 4 is 39.4 Å². The average molecular weight is 337 g/mol. The van der Waals surface area contributed by atoms with E-state index >= 15 is 0 Å². The third kappa shape index (κ3) is 10.5. The van der Waals surface area contributed by atoms with Gasteiger partial charge in [0.1, 0.15) is 17.4 Å². The van der Waals surface area contributed by atoms with Crippen molar-refractivity contribution in [1.29, 1.82) is 0 Å². The lowest BCUT2D eigenvalue weighted by atomic mass is 10.1. The van der Waals surface area contributed by atoms with Gasteiger partial charge in [-0.1, -0.05) is 28.5 Å². The Balaban J connectivity index is 4.18. The number of hydrogen-bond donors (Lipinski definition) is 2. The van der Waals surface area contributed by atoms with Gasteiger partial charge in [0.25, 0.3) is 0 Å². The monoisotopic (exact) mass is 337 g/mol. The van der Waals surface area contributed by atoms with Gasteiger partial charge in [-0.2, -0.15) is 0 Å². The van der Waals surface area contributed by atoms with Crippen molar-refractivity contribution in [3.63, 3.8) is 0 Å². The normalized spacial score (nSPS) is 14.1. The molecule has 0 aliphatic rings. The molecule has 0 aromatic carbocycles. The number of alkyl carbamates (subject to hydrolysis) is 1. The molecule has 0 saturated heterocycles. The van der Waals surface area contributed by atoms with Gasteiger partial charge >= 0.3 is 12.1 Å². The third-order valence-corrected chi connectivity index (χ3v) is 4.91. The zero-order valence-corrected chi connectivity index (χ0v) is 14.6. The van der Waals surface area contributed by atoms with Gasteiger partial charge in [0, 0.05) is 17.4 Å². The highest BCUT2D eigenvalue weighted by atomic mass is 33.1. The number of carbonyl (C=O) groups excluding carboxylic acids is 2. The van der Waals surface area contributed by atoms with E-state index in [1.54, 1.807) is 20.8 Å². The molecule has 0 aliphatic carbocycles. The van der Waals surface area contributed by atoms with E-state index in [0.717, 1.165) is 0 Å². The summed E-state index contributed by atoms with van der Waals surface area (Å²) in [4.78, 5) is 33.7. The van der Waals surface area contributed by atoms with Gasteiger partial charge in [-0.3, -0.25) is 4.79 Å². The highest BCUT2D eigenvalue weighted by Gasteiger charge is 2.24. The summed E-state index contributed by atoms with van der Waals surface area (Å²) in [5.41, 5.74) is -0.675. The smallest absolute Gasteiger partial charge is 0.408 e. The molecule has 0 spiro atoms. The van der Waals surface area contributed by atoms with Gasteiger partial charge < -0.3 is 15.2 Å². The topological polar surface area (TPSA) is 92.7 Å². The van der Waals surface area contributed by atoms with Crippen LogP contribution in [0.2, 0.25) is 0 Å². The van der Waals surface area contributed by atoms with Crippen molar-refractivity contribution in [3.05, 3.63) is 0 Å². The number of hydrogen-bond acceptors (Lipinski definition) is 6. The second-order valence-corrected chi connectivity index (χ2v) is 8.17. The Hall–Kier alpha value is -0.890. The lowest BCUT2D eigenvalue weighted by molar-refractivity contribution is -0.138. The minimum atomic E-state index is -1.12. The molecular formula is C13H23NO5S2. The number of carboxylic acid groups (broad SMARTS) is 1. The van der Waals surface area contributed by atoms with Crippen LogP contribution in [0.5, 0.6) is 0 Å². The number of rotatable bonds is 8. The van der Waals surface area contributed by atoms with E-state index in [1.165, 1.54) is 28.5 Å². The zero-order valence-electron chi connectivity index (χ0n) is 13.0. The number of carboxylic acids is 1. The van der Waals surface area contributed by atoms with Gasteiger partial charge in [-0.25, -0.2) is 9.59 Å². The van der Waals surface area contributed by atoms with Gasteiger partial charge in [0.15, 0.2) is 0 Å². The van der Waals surface area contributed by atoms with Crippen molar-refractivity contribution < 1.29 is 24.2 Å². The van der Waals surface area contributed by atoms with Crippen LogP contribution < -0.4 is 5.32 Å². The van der Waals surface area contributed by atoms with Crippen LogP contribution in [0.4, 0.5) is 4.79 Å². The highest BCUT2D eigenvalue weighted by molar-refractivity contribution is 8.76. The molecule has 122 valence electrons. The summed E-state index contributed by atoms with van der Waals surface area (Å²) in [5.74, 6) is -0.272. The van der Waals surface area contributed by atoms with Crippen LogP contribution in [0.3, 0.4) is 0 Å². The molecule has 1 amide bonds. The molecule has 2 unspecified atom stereocenters. The van der Waals surface area contributed by atoms with Crippen LogP contribution in [-0.4, -0.2) is 46.1 Å². The molecule has 0 rings (SSSR count). The second-order valence-electron chi connectivity index (χ2n) is 5.62. The number of amides is 1. The first kappa shape index (κ1) is 20.1. The molecule has 0 aliphatic heterocycles. The fraction of sp³-hybridized carbons (Fsp3) is 0.769. The fourth-order valence-corrected chi connectivity index (χ4v) is 3.60. The van der Waals surface area contributed by atoms with E-state index in [9.17, 15) is 14.4 Å². The molecule has 0 aromatic rings. The Morgan fingerprint density at radius 3 is 2.14 bits per heavy atom. The van der Waals surface area contributed by atoms with Crippen LogP contribution in [0, 0.1) is 5.92 Å². The third-order valence-electron chi connectivity index (χ3n) is 2.32. The average Bonchev–Trinajstić information content (AvgIpc) is 2.29. The van der Waals surface area contributed by atoms with E-state index in [1.807, 2.05) is 6.92 Å². The van der Waals surface area contributed by atoms with E-state index < -0.39 is 23.7 Å². The van der Waals surface area contributed by atoms with Crippen LogP contribution in [0.1, 0.15) is 34.6 Å². The summed E-state index contributed by atoms with van der Waals surface area (Å²) >= 11 is 0. The van der Waals surface area contributed by atoms with Crippen LogP contribution in [0.15, 0.2) is 0 Å². The first-order chi connectivity index (χ1) is 9.53. The summed E-state index contributed by atoms with van der Waals surface area (Å²) in [5, 5.41) is 11.4. The van der Waals surface area contributed by atoms with Crippen molar-refractivity contribution in [3.8, 4) is 0 Å². The highest BCUT2D eigenvalue weighted by Crippen LogP contribution is 2.25. The van der Waals surface area contributed by atoms with E-state index in [0.29, 0.717) is 5.75 Å². The van der Waals surface area contributed by atoms with Gasteiger partial charge in [-0.05, 0) is 27.7 Å². The summed E-state index contributed by atoms with van der Waals surface area (Å²) in [7, 11) is 2.72. The zero-order chi connectivity index (χ0) is 16.6. The maximum atomic E-state index is 11.5. The molecule has 0 saturated carbocycles. The molecule has 8 heteroatoms. The molecule has 0 bridgehead atoms. The van der Waals surface area contributed by atoms with E-state index in [2.05, 4.69) is 5.32 Å². The predicted octanol–water partition coefficient (Wildman–Crippen LogP) is 2.57. The summed E-state index contributed by atoms with van der Waals surface area (Å²) < 4.78 is 5.02. The minimum absolute atomic E-state index is 0.0652. The van der Waals surface area contributed by atoms with Crippen molar-refractivity contribution in [2.75, 3.05) is 11.5 Å². The maximum absolute atomic E-state index is 11.5. The minimum Gasteiger partial charge on any atom is -0.480 e. The Labute approximate surface area is 133 Å². The summed E-state index contributed by atoms with van der Waals surface area (Å²) in [6.45, 7) is 8.46. The number of nitrogens with one attached hydrogen (secondary N) is 1. The molecule has 2 atom stereocenters. The van der Waals surface area contributed by atoms with Crippen molar-refractivity contribution in [2.45, 2.75) is 46.3 Å². The van der Waals surface area contributed by atoms with E-state index in [-0.39, 0.29) is 17.5 Å². The largest absolute Gasteiger partial charge is 0.480 e. The van der Waals surface area contributed by atoms with Gasteiger partial charge in [0.05, 0.1) is 0 Å². The number of ketones is 1. The molecule has 2 N–H and O–H groups in total. The molecule has 0 aromatic heterocycles. The molecule has 6 nitrogen and oxygen atoms in total. The predicted molar refractivity (Wildman–Crippen MR) is 85.6 cm³/mol.